The Balaban J connectivity index is -0.000000180. The van der Waals surface area contributed by atoms with Gasteiger partial charge in [-0.2, -0.15) is 0 Å². The van der Waals surface area contributed by atoms with E-state index >= 15 is 0 Å². The molecule has 8 heavy (non-hydrogen) atoms. The SMILES string of the molecule is CC(=O)CC(=O)O.[H-].[Li+]. The average molecular weight is 110 g/mol. The van der Waals surface area contributed by atoms with E-state index in [1.165, 1.54) is 6.92 Å². The molecule has 0 spiro atoms. The summed E-state index contributed by atoms with van der Waals surface area (Å²) in [6.07, 6.45) is -0.361. The first-order valence-electron chi connectivity index (χ1n) is 1.84. The number of carbonyl (C=O) groups excluding carboxylic acids is 1. The fourth-order valence-corrected chi connectivity index (χ4v) is 0.213. The first-order chi connectivity index (χ1) is 3.13. The van der Waals surface area contributed by atoms with E-state index < -0.39 is 5.97 Å². The Hall–Kier alpha value is -0.263. The van der Waals surface area contributed by atoms with Crippen LogP contribution in [0.3, 0.4) is 0 Å². The Kier molecular flexibility index (Phi) is 6.52. The molecule has 0 aliphatic rings. The molecule has 0 aliphatic heterocycles. The number of carbonyl (C=O) groups is 2. The topological polar surface area (TPSA) is 54.4 Å². The number of carboxylic acid groups (broad SMARTS) is 1. The fourth-order valence-electron chi connectivity index (χ4n) is 0.213. The maximum atomic E-state index is 9.87. The van der Waals surface area contributed by atoms with Gasteiger partial charge >= 0.3 is 24.8 Å². The van der Waals surface area contributed by atoms with Crippen molar-refractivity contribution in [1.29, 1.82) is 0 Å². The van der Waals surface area contributed by atoms with Gasteiger partial charge in [0.2, 0.25) is 0 Å². The van der Waals surface area contributed by atoms with Gasteiger partial charge in [-0.3, -0.25) is 9.59 Å². The molecule has 4 heteroatoms. The van der Waals surface area contributed by atoms with E-state index in [2.05, 4.69) is 0 Å². The van der Waals surface area contributed by atoms with E-state index in [-0.39, 0.29) is 32.5 Å². The summed E-state index contributed by atoms with van der Waals surface area (Å²) in [4.78, 5) is 19.5. The first-order valence-corrected chi connectivity index (χ1v) is 1.84. The third-order valence-electron chi connectivity index (χ3n) is 0.400. The molecule has 0 aliphatic carbocycles. The van der Waals surface area contributed by atoms with Gasteiger partial charge in [0.15, 0.2) is 0 Å². The van der Waals surface area contributed by atoms with Crippen LogP contribution in [0.1, 0.15) is 14.8 Å². The van der Waals surface area contributed by atoms with Crippen LogP contribution in [0.15, 0.2) is 0 Å². The molecule has 0 amide bonds. The van der Waals surface area contributed by atoms with Gasteiger partial charge in [0.05, 0.1) is 0 Å². The molecule has 0 atom stereocenters. The van der Waals surface area contributed by atoms with Crippen molar-refractivity contribution in [2.75, 3.05) is 0 Å². The summed E-state index contributed by atoms with van der Waals surface area (Å²) >= 11 is 0. The van der Waals surface area contributed by atoms with E-state index in [9.17, 15) is 9.59 Å². The average Bonchev–Trinajstić information content (AvgIpc) is 1.27. The minimum absolute atomic E-state index is 0. The standard InChI is InChI=1S/C4H6O3.Li.H/c1-3(5)2-4(6)7;;/h2H2,1H3,(H,6,7);;/q;+1;-1. The largest absolute Gasteiger partial charge is 1.00 e. The molecule has 0 saturated heterocycles. The second-order valence-electron chi connectivity index (χ2n) is 1.27. The summed E-state index contributed by atoms with van der Waals surface area (Å²) in [7, 11) is 0. The van der Waals surface area contributed by atoms with Gasteiger partial charge in [0, 0.05) is 0 Å². The monoisotopic (exact) mass is 110 g/mol. The molecule has 1 N–H and O–H groups in total. The number of Topliss-reactive ketones (excluding diaryl/α,β-unsaturated/α-hetero) is 1. The zero-order valence-corrected chi connectivity index (χ0v) is 4.97. The van der Waals surface area contributed by atoms with Crippen molar-refractivity contribution in [3.05, 3.63) is 0 Å². The fraction of sp³-hybridized carbons (Fsp3) is 0.500. The molecule has 42 valence electrons. The van der Waals surface area contributed by atoms with E-state index in [4.69, 9.17) is 5.11 Å². The molecule has 0 aromatic rings. The van der Waals surface area contributed by atoms with Gasteiger partial charge in [0.25, 0.3) is 0 Å². The predicted octanol–water partition coefficient (Wildman–Crippen LogP) is -2.83. The van der Waals surface area contributed by atoms with Crippen molar-refractivity contribution in [1.82, 2.24) is 0 Å². The van der Waals surface area contributed by atoms with Crippen LogP contribution in [0.5, 0.6) is 0 Å². The Morgan fingerprint density at radius 2 is 2.00 bits per heavy atom. The Morgan fingerprint density at radius 1 is 1.62 bits per heavy atom. The van der Waals surface area contributed by atoms with Gasteiger partial charge in [-0.05, 0) is 6.92 Å². The number of carboxylic acids is 1. The van der Waals surface area contributed by atoms with Crippen molar-refractivity contribution >= 4 is 11.8 Å². The van der Waals surface area contributed by atoms with Gasteiger partial charge in [-0.25, -0.2) is 0 Å². The molecule has 0 rings (SSSR count). The van der Waals surface area contributed by atoms with Crippen LogP contribution in [0, 0.1) is 0 Å². The molecule has 0 saturated carbocycles. The second kappa shape index (κ2) is 4.89. The molecule has 0 aromatic carbocycles. The van der Waals surface area contributed by atoms with Crippen molar-refractivity contribution in [2.45, 2.75) is 13.3 Å². The third-order valence-corrected chi connectivity index (χ3v) is 0.400. The summed E-state index contributed by atoms with van der Waals surface area (Å²) in [5, 5.41) is 7.86. The summed E-state index contributed by atoms with van der Waals surface area (Å²) in [6, 6.07) is 0. The maximum Gasteiger partial charge on any atom is 1.00 e. The van der Waals surface area contributed by atoms with Crippen LogP contribution in [0.25, 0.3) is 0 Å². The predicted molar refractivity (Wildman–Crippen MR) is 24.0 cm³/mol. The van der Waals surface area contributed by atoms with Gasteiger partial charge in [0.1, 0.15) is 12.2 Å². The van der Waals surface area contributed by atoms with Crippen molar-refractivity contribution in [2.24, 2.45) is 0 Å². The zero-order chi connectivity index (χ0) is 5.86. The van der Waals surface area contributed by atoms with Gasteiger partial charge < -0.3 is 6.53 Å². The molecule has 0 unspecified atom stereocenters. The number of hydrogen-bond donors (Lipinski definition) is 1. The Bertz CT molecular complexity index is 92.0. The molecule has 3 nitrogen and oxygen atoms in total. The quantitative estimate of drug-likeness (QED) is 0.308. The van der Waals surface area contributed by atoms with Crippen LogP contribution in [-0.2, 0) is 9.59 Å². The molecule has 0 fully saturated rings. The summed E-state index contributed by atoms with van der Waals surface area (Å²) < 4.78 is 0. The van der Waals surface area contributed by atoms with E-state index in [1.807, 2.05) is 0 Å². The normalized spacial score (nSPS) is 7.12. The van der Waals surface area contributed by atoms with Crippen LogP contribution in [-0.4, -0.2) is 16.9 Å². The Morgan fingerprint density at radius 3 is 2.00 bits per heavy atom. The van der Waals surface area contributed by atoms with Crippen LogP contribution >= 0.6 is 0 Å². The maximum absolute atomic E-state index is 9.87. The van der Waals surface area contributed by atoms with Gasteiger partial charge in [-0.1, -0.05) is 0 Å². The smallest absolute Gasteiger partial charge is 1.00 e. The van der Waals surface area contributed by atoms with E-state index in [0.717, 1.165) is 0 Å². The van der Waals surface area contributed by atoms with Crippen molar-refractivity contribution < 1.29 is 35.0 Å². The van der Waals surface area contributed by atoms with Gasteiger partial charge in [-0.15, -0.1) is 0 Å². The second-order valence-corrected chi connectivity index (χ2v) is 1.27. The number of rotatable bonds is 2. The van der Waals surface area contributed by atoms with E-state index in [1.54, 1.807) is 0 Å². The summed E-state index contributed by atoms with van der Waals surface area (Å²) in [6.45, 7) is 1.24. The minimum atomic E-state index is -1.06. The van der Waals surface area contributed by atoms with Crippen molar-refractivity contribution in [3.8, 4) is 0 Å². The zero-order valence-electron chi connectivity index (χ0n) is 5.97. The van der Waals surface area contributed by atoms with Crippen LogP contribution in [0.2, 0.25) is 0 Å². The third kappa shape index (κ3) is 9.22. The first kappa shape index (κ1) is 10.7. The summed E-state index contributed by atoms with van der Waals surface area (Å²) in [5.41, 5.74) is 0. The molecule has 0 radical (unpaired) electrons. The van der Waals surface area contributed by atoms with E-state index in [0.29, 0.717) is 0 Å². The molecular formula is C4H7LiO3. The number of hydrogen-bond acceptors (Lipinski definition) is 2. The van der Waals surface area contributed by atoms with Crippen LogP contribution < -0.4 is 18.9 Å². The molecule has 0 heterocycles. The number of aliphatic carboxylic acids is 1. The van der Waals surface area contributed by atoms with Crippen molar-refractivity contribution in [3.63, 3.8) is 0 Å². The minimum Gasteiger partial charge on any atom is -1.00 e. The Labute approximate surface area is 60.7 Å². The molecular weight excluding hydrogens is 103 g/mol. The summed E-state index contributed by atoms with van der Waals surface area (Å²) in [5.74, 6) is -1.37. The van der Waals surface area contributed by atoms with Crippen LogP contribution in [0.4, 0.5) is 0 Å². The molecule has 0 aromatic heterocycles. The molecule has 0 bridgehead atoms. The number of ketones is 1.